The van der Waals surface area contributed by atoms with Crippen LogP contribution in [0.5, 0.6) is 0 Å². The van der Waals surface area contributed by atoms with E-state index in [0.29, 0.717) is 24.7 Å². The molecule has 0 spiro atoms. The van der Waals surface area contributed by atoms with Gasteiger partial charge in [-0.15, -0.1) is 0 Å². The summed E-state index contributed by atoms with van der Waals surface area (Å²) < 4.78 is 1.43. The molecule has 1 aliphatic heterocycles. The minimum Gasteiger partial charge on any atom is -0.465 e. The first-order valence-corrected chi connectivity index (χ1v) is 7.77. The standard InChI is InChI=1S/C16H19N5O3/c1-20-14(22)9-13(11-4-6-17-7-5-11)19-15(20)18-12-3-2-8-21(10-12)16(23)24/h4-7,9,12H,2-3,8,10H2,1H3,(H,18,19)(H,23,24). The van der Waals surface area contributed by atoms with Crippen LogP contribution in [0, 0.1) is 0 Å². The minimum absolute atomic E-state index is 0.0689. The molecule has 1 saturated heterocycles. The molecule has 1 unspecified atom stereocenters. The molecule has 0 radical (unpaired) electrons. The molecule has 1 amide bonds. The lowest BCUT2D eigenvalue weighted by atomic mass is 10.1. The molecule has 0 bridgehead atoms. The average molecular weight is 329 g/mol. The molecule has 3 rings (SSSR count). The number of anilines is 1. The van der Waals surface area contributed by atoms with Crippen LogP contribution in [-0.4, -0.2) is 49.8 Å². The summed E-state index contributed by atoms with van der Waals surface area (Å²) in [7, 11) is 1.64. The highest BCUT2D eigenvalue weighted by Gasteiger charge is 2.24. The fourth-order valence-corrected chi connectivity index (χ4v) is 2.79. The van der Waals surface area contributed by atoms with Crippen LogP contribution >= 0.6 is 0 Å². The average Bonchev–Trinajstić information content (AvgIpc) is 2.59. The van der Waals surface area contributed by atoms with Crippen molar-refractivity contribution in [2.75, 3.05) is 18.4 Å². The van der Waals surface area contributed by atoms with Crippen molar-refractivity contribution >= 4 is 12.0 Å². The quantitative estimate of drug-likeness (QED) is 0.883. The number of nitrogens with one attached hydrogen (secondary N) is 1. The second kappa shape index (κ2) is 6.69. The largest absolute Gasteiger partial charge is 0.465 e. The maximum atomic E-state index is 12.2. The highest BCUT2D eigenvalue weighted by atomic mass is 16.4. The third kappa shape index (κ3) is 3.37. The van der Waals surface area contributed by atoms with Gasteiger partial charge in [0, 0.05) is 50.2 Å². The number of aromatic nitrogens is 3. The second-order valence-corrected chi connectivity index (χ2v) is 5.81. The molecule has 8 nitrogen and oxygen atoms in total. The summed E-state index contributed by atoms with van der Waals surface area (Å²) in [5, 5.41) is 12.4. The van der Waals surface area contributed by atoms with Gasteiger partial charge in [-0.3, -0.25) is 14.3 Å². The van der Waals surface area contributed by atoms with E-state index in [-0.39, 0.29) is 11.6 Å². The van der Waals surface area contributed by atoms with Crippen LogP contribution in [0.3, 0.4) is 0 Å². The number of pyridine rings is 1. The summed E-state index contributed by atoms with van der Waals surface area (Å²) >= 11 is 0. The van der Waals surface area contributed by atoms with Gasteiger partial charge < -0.3 is 15.3 Å². The number of likely N-dealkylation sites (tertiary alicyclic amines) is 1. The van der Waals surface area contributed by atoms with Crippen LogP contribution in [-0.2, 0) is 7.05 Å². The first kappa shape index (κ1) is 16.0. The molecule has 1 aliphatic rings. The van der Waals surface area contributed by atoms with E-state index in [1.807, 2.05) is 0 Å². The lowest BCUT2D eigenvalue weighted by Crippen LogP contribution is -2.45. The summed E-state index contributed by atoms with van der Waals surface area (Å²) in [6.45, 7) is 0.918. The molecular formula is C16H19N5O3. The van der Waals surface area contributed by atoms with Gasteiger partial charge in [0.25, 0.3) is 5.56 Å². The third-order valence-electron chi connectivity index (χ3n) is 4.14. The first-order valence-electron chi connectivity index (χ1n) is 7.77. The van der Waals surface area contributed by atoms with Crippen molar-refractivity contribution in [1.29, 1.82) is 0 Å². The van der Waals surface area contributed by atoms with Crippen molar-refractivity contribution in [2.24, 2.45) is 7.05 Å². The zero-order chi connectivity index (χ0) is 17.1. The number of hydrogen-bond acceptors (Lipinski definition) is 5. The molecule has 3 heterocycles. The van der Waals surface area contributed by atoms with Crippen molar-refractivity contribution in [3.8, 4) is 11.3 Å². The van der Waals surface area contributed by atoms with Crippen LogP contribution < -0.4 is 10.9 Å². The van der Waals surface area contributed by atoms with Gasteiger partial charge in [-0.2, -0.15) is 0 Å². The fourth-order valence-electron chi connectivity index (χ4n) is 2.79. The van der Waals surface area contributed by atoms with Crippen LogP contribution in [0.25, 0.3) is 11.3 Å². The predicted octanol–water partition coefficient (Wildman–Crippen LogP) is 1.40. The lowest BCUT2D eigenvalue weighted by molar-refractivity contribution is 0.132. The Hall–Kier alpha value is -2.90. The smallest absolute Gasteiger partial charge is 0.407 e. The number of nitrogens with zero attached hydrogens (tertiary/aromatic N) is 4. The van der Waals surface area contributed by atoms with E-state index in [4.69, 9.17) is 5.11 Å². The van der Waals surface area contributed by atoms with Crippen molar-refractivity contribution in [1.82, 2.24) is 19.4 Å². The Kier molecular flexibility index (Phi) is 4.45. The minimum atomic E-state index is -0.922. The van der Waals surface area contributed by atoms with Crippen molar-refractivity contribution < 1.29 is 9.90 Å². The van der Waals surface area contributed by atoms with Crippen LogP contribution in [0.4, 0.5) is 10.7 Å². The van der Waals surface area contributed by atoms with Gasteiger partial charge in [0.05, 0.1) is 5.69 Å². The Morgan fingerprint density at radius 2 is 2.12 bits per heavy atom. The molecule has 0 saturated carbocycles. The van der Waals surface area contributed by atoms with E-state index in [1.54, 1.807) is 31.6 Å². The zero-order valence-electron chi connectivity index (χ0n) is 13.3. The Labute approximate surface area is 138 Å². The summed E-state index contributed by atoms with van der Waals surface area (Å²) in [4.78, 5) is 33.2. The Morgan fingerprint density at radius 3 is 2.83 bits per heavy atom. The summed E-state index contributed by atoms with van der Waals surface area (Å²) in [6, 6.07) is 4.99. The van der Waals surface area contributed by atoms with Crippen molar-refractivity contribution in [2.45, 2.75) is 18.9 Å². The van der Waals surface area contributed by atoms with E-state index in [9.17, 15) is 9.59 Å². The van der Waals surface area contributed by atoms with E-state index in [0.717, 1.165) is 18.4 Å². The molecule has 2 aromatic rings. The predicted molar refractivity (Wildman–Crippen MR) is 89.0 cm³/mol. The number of carboxylic acid groups (broad SMARTS) is 1. The van der Waals surface area contributed by atoms with E-state index in [1.165, 1.54) is 15.5 Å². The number of piperidine rings is 1. The highest BCUT2D eigenvalue weighted by Crippen LogP contribution is 2.18. The molecular weight excluding hydrogens is 310 g/mol. The van der Waals surface area contributed by atoms with E-state index in [2.05, 4.69) is 15.3 Å². The molecule has 2 aromatic heterocycles. The number of carbonyl (C=O) groups is 1. The van der Waals surface area contributed by atoms with Gasteiger partial charge in [-0.1, -0.05) is 0 Å². The maximum Gasteiger partial charge on any atom is 0.407 e. The molecule has 1 atom stereocenters. The summed E-state index contributed by atoms with van der Waals surface area (Å²) in [6.07, 6.45) is 3.98. The molecule has 0 aliphatic carbocycles. The Morgan fingerprint density at radius 1 is 1.38 bits per heavy atom. The van der Waals surface area contributed by atoms with Crippen LogP contribution in [0.1, 0.15) is 12.8 Å². The van der Waals surface area contributed by atoms with Crippen molar-refractivity contribution in [3.05, 3.63) is 40.9 Å². The lowest BCUT2D eigenvalue weighted by Gasteiger charge is -2.31. The van der Waals surface area contributed by atoms with Gasteiger partial charge in [-0.25, -0.2) is 9.78 Å². The highest BCUT2D eigenvalue weighted by molar-refractivity contribution is 5.65. The molecule has 126 valence electrons. The van der Waals surface area contributed by atoms with Crippen molar-refractivity contribution in [3.63, 3.8) is 0 Å². The normalized spacial score (nSPS) is 17.5. The van der Waals surface area contributed by atoms with Gasteiger partial charge in [0.1, 0.15) is 0 Å². The maximum absolute atomic E-state index is 12.2. The Bertz CT molecular complexity index is 790. The zero-order valence-corrected chi connectivity index (χ0v) is 13.3. The van der Waals surface area contributed by atoms with Gasteiger partial charge in [0.2, 0.25) is 5.95 Å². The van der Waals surface area contributed by atoms with Gasteiger partial charge >= 0.3 is 6.09 Å². The van der Waals surface area contributed by atoms with Gasteiger partial charge in [-0.05, 0) is 25.0 Å². The van der Waals surface area contributed by atoms with E-state index < -0.39 is 6.09 Å². The SMILES string of the molecule is Cn1c(NC2CCCN(C(=O)O)C2)nc(-c2ccncc2)cc1=O. The fraction of sp³-hybridized carbons (Fsp3) is 0.375. The number of amides is 1. The summed E-state index contributed by atoms with van der Waals surface area (Å²) in [5.74, 6) is 0.437. The molecule has 24 heavy (non-hydrogen) atoms. The monoisotopic (exact) mass is 329 g/mol. The van der Waals surface area contributed by atoms with Crippen LogP contribution in [0.15, 0.2) is 35.4 Å². The number of rotatable bonds is 3. The first-order chi connectivity index (χ1) is 11.5. The second-order valence-electron chi connectivity index (χ2n) is 5.81. The van der Waals surface area contributed by atoms with Gasteiger partial charge in [0.15, 0.2) is 0 Å². The number of hydrogen-bond donors (Lipinski definition) is 2. The van der Waals surface area contributed by atoms with Crippen LogP contribution in [0.2, 0.25) is 0 Å². The third-order valence-corrected chi connectivity index (χ3v) is 4.14. The topological polar surface area (TPSA) is 100 Å². The molecule has 1 fully saturated rings. The summed E-state index contributed by atoms with van der Waals surface area (Å²) in [5.41, 5.74) is 1.20. The van der Waals surface area contributed by atoms with E-state index >= 15 is 0 Å². The Balaban J connectivity index is 1.86. The molecule has 2 N–H and O–H groups in total. The molecule has 0 aromatic carbocycles. The molecule has 8 heteroatoms.